The average molecular weight is 345 g/mol. The van der Waals surface area contributed by atoms with Gasteiger partial charge in [-0.05, 0) is 31.7 Å². The number of H-pyrrole nitrogens is 1. The predicted molar refractivity (Wildman–Crippen MR) is 90.3 cm³/mol. The quantitative estimate of drug-likeness (QED) is 0.880. The van der Waals surface area contributed by atoms with Crippen molar-refractivity contribution in [2.45, 2.75) is 45.6 Å². The number of hydrogen-bond acceptors (Lipinski definition) is 5. The number of amides is 2. The van der Waals surface area contributed by atoms with E-state index < -0.39 is 0 Å². The zero-order valence-electron chi connectivity index (χ0n) is 14.7. The molecule has 1 fully saturated rings. The lowest BCUT2D eigenvalue weighted by molar-refractivity contribution is 0.0692. The largest absolute Gasteiger partial charge is 0.361 e. The lowest BCUT2D eigenvalue weighted by Crippen LogP contribution is -2.46. The van der Waals surface area contributed by atoms with Crippen LogP contribution in [0.15, 0.2) is 16.8 Å². The van der Waals surface area contributed by atoms with E-state index in [1.807, 2.05) is 19.9 Å². The third-order valence-corrected chi connectivity index (χ3v) is 4.55. The molecule has 1 aliphatic heterocycles. The van der Waals surface area contributed by atoms with Gasteiger partial charge in [-0.15, -0.1) is 0 Å². The first-order valence-corrected chi connectivity index (χ1v) is 8.52. The molecule has 0 radical (unpaired) electrons. The molecule has 0 unspecified atom stereocenters. The van der Waals surface area contributed by atoms with E-state index in [4.69, 9.17) is 4.52 Å². The van der Waals surface area contributed by atoms with Gasteiger partial charge in [-0.1, -0.05) is 19.0 Å². The van der Waals surface area contributed by atoms with Gasteiger partial charge < -0.3 is 14.7 Å². The summed E-state index contributed by atoms with van der Waals surface area (Å²) in [5, 5.41) is 13.6. The maximum Gasteiger partial charge on any atom is 0.274 e. The summed E-state index contributed by atoms with van der Waals surface area (Å²) < 4.78 is 4.92. The molecule has 0 saturated carbocycles. The van der Waals surface area contributed by atoms with E-state index in [0.29, 0.717) is 48.9 Å². The van der Waals surface area contributed by atoms with Crippen molar-refractivity contribution in [1.82, 2.24) is 25.6 Å². The second-order valence-corrected chi connectivity index (χ2v) is 6.70. The Morgan fingerprint density at radius 3 is 2.64 bits per heavy atom. The number of aromatic amines is 1. The van der Waals surface area contributed by atoms with E-state index in [1.54, 1.807) is 11.8 Å². The summed E-state index contributed by atoms with van der Waals surface area (Å²) in [7, 11) is 0. The van der Waals surface area contributed by atoms with Gasteiger partial charge >= 0.3 is 0 Å². The van der Waals surface area contributed by atoms with E-state index in [1.165, 1.54) is 6.20 Å². The Bertz CT molecular complexity index is 756. The lowest BCUT2D eigenvalue weighted by atomic mass is 10.0. The van der Waals surface area contributed by atoms with Gasteiger partial charge in [0.1, 0.15) is 17.0 Å². The van der Waals surface area contributed by atoms with Crippen molar-refractivity contribution in [1.29, 1.82) is 0 Å². The van der Waals surface area contributed by atoms with Crippen molar-refractivity contribution in [2.75, 3.05) is 13.1 Å². The molecule has 134 valence electrons. The van der Waals surface area contributed by atoms with Gasteiger partial charge in [-0.25, -0.2) is 0 Å². The minimum atomic E-state index is -0.183. The Morgan fingerprint density at radius 2 is 2.08 bits per heavy atom. The number of nitrogens with one attached hydrogen (secondary N) is 2. The van der Waals surface area contributed by atoms with Gasteiger partial charge in [-0.3, -0.25) is 14.7 Å². The molecule has 1 aliphatic rings. The summed E-state index contributed by atoms with van der Waals surface area (Å²) in [6.45, 7) is 6.99. The summed E-state index contributed by atoms with van der Waals surface area (Å²) >= 11 is 0. The number of nitrogens with zero attached hydrogens (tertiary/aromatic N) is 3. The van der Waals surface area contributed by atoms with Gasteiger partial charge in [-0.2, -0.15) is 5.10 Å². The average Bonchev–Trinajstić information content (AvgIpc) is 3.24. The zero-order chi connectivity index (χ0) is 18.0. The van der Waals surface area contributed by atoms with Crippen LogP contribution in [0.4, 0.5) is 0 Å². The fourth-order valence-electron chi connectivity index (χ4n) is 2.91. The number of piperidine rings is 1. The molecule has 0 spiro atoms. The normalized spacial score (nSPS) is 15.6. The van der Waals surface area contributed by atoms with Crippen molar-refractivity contribution in [2.24, 2.45) is 0 Å². The van der Waals surface area contributed by atoms with Gasteiger partial charge in [0.05, 0.1) is 6.20 Å². The maximum absolute atomic E-state index is 12.5. The number of hydrogen-bond donors (Lipinski definition) is 2. The maximum atomic E-state index is 12.5. The summed E-state index contributed by atoms with van der Waals surface area (Å²) in [6, 6.07) is 1.85. The highest BCUT2D eigenvalue weighted by Gasteiger charge is 2.27. The number of carbonyl (C=O) groups excluding carboxylic acids is 2. The SMILES string of the molecule is Cc1oncc1C(=O)NC1CCN(C(=O)c2cc(C(C)C)[nH]n2)CC1. The molecule has 8 heteroatoms. The number of aryl methyl sites for hydroxylation is 1. The molecule has 1 saturated heterocycles. The number of likely N-dealkylation sites (tertiary alicyclic amines) is 1. The first-order valence-electron chi connectivity index (χ1n) is 8.52. The van der Waals surface area contributed by atoms with Crippen molar-refractivity contribution in [3.05, 3.63) is 35.0 Å². The van der Waals surface area contributed by atoms with Crippen LogP contribution in [0.2, 0.25) is 0 Å². The monoisotopic (exact) mass is 345 g/mol. The minimum absolute atomic E-state index is 0.0382. The Morgan fingerprint density at radius 1 is 1.36 bits per heavy atom. The van der Waals surface area contributed by atoms with E-state index in [-0.39, 0.29) is 17.9 Å². The van der Waals surface area contributed by atoms with E-state index in [0.717, 1.165) is 5.69 Å². The molecule has 3 rings (SSSR count). The molecule has 2 N–H and O–H groups in total. The fourth-order valence-corrected chi connectivity index (χ4v) is 2.91. The molecule has 2 aromatic heterocycles. The van der Waals surface area contributed by atoms with Crippen molar-refractivity contribution in [3.8, 4) is 0 Å². The highest BCUT2D eigenvalue weighted by molar-refractivity contribution is 5.95. The van der Waals surface area contributed by atoms with Crippen LogP contribution in [0, 0.1) is 6.92 Å². The predicted octanol–water partition coefficient (Wildman–Crippen LogP) is 1.86. The van der Waals surface area contributed by atoms with E-state index in [2.05, 4.69) is 20.7 Å². The van der Waals surface area contributed by atoms with Crippen LogP contribution in [-0.2, 0) is 0 Å². The Hall–Kier alpha value is -2.64. The van der Waals surface area contributed by atoms with Crippen molar-refractivity contribution < 1.29 is 14.1 Å². The summed E-state index contributed by atoms with van der Waals surface area (Å²) in [4.78, 5) is 26.5. The Kier molecular flexibility index (Phi) is 4.87. The molecule has 0 atom stereocenters. The van der Waals surface area contributed by atoms with Crippen LogP contribution >= 0.6 is 0 Å². The van der Waals surface area contributed by atoms with E-state index in [9.17, 15) is 9.59 Å². The Labute approximate surface area is 145 Å². The summed E-state index contributed by atoms with van der Waals surface area (Å²) in [5.41, 5.74) is 1.86. The van der Waals surface area contributed by atoms with Crippen LogP contribution in [0.5, 0.6) is 0 Å². The molecule has 25 heavy (non-hydrogen) atoms. The second kappa shape index (κ2) is 7.08. The minimum Gasteiger partial charge on any atom is -0.361 e. The highest BCUT2D eigenvalue weighted by atomic mass is 16.5. The molecule has 0 aromatic carbocycles. The van der Waals surface area contributed by atoms with Gasteiger partial charge in [0, 0.05) is 24.8 Å². The summed E-state index contributed by atoms with van der Waals surface area (Å²) in [6.07, 6.45) is 2.85. The zero-order valence-corrected chi connectivity index (χ0v) is 14.7. The molecule has 0 aliphatic carbocycles. The molecule has 3 heterocycles. The Balaban J connectivity index is 1.53. The molecular weight excluding hydrogens is 322 g/mol. The van der Waals surface area contributed by atoms with Gasteiger partial charge in [0.2, 0.25) is 0 Å². The number of aromatic nitrogens is 3. The molecular formula is C17H23N5O3. The topological polar surface area (TPSA) is 104 Å². The van der Waals surface area contributed by atoms with Crippen LogP contribution in [0.25, 0.3) is 0 Å². The number of carbonyl (C=O) groups is 2. The molecule has 8 nitrogen and oxygen atoms in total. The second-order valence-electron chi connectivity index (χ2n) is 6.70. The molecule has 2 aromatic rings. The smallest absolute Gasteiger partial charge is 0.274 e. The third kappa shape index (κ3) is 3.72. The van der Waals surface area contributed by atoms with Crippen LogP contribution in [0.1, 0.15) is 64.9 Å². The van der Waals surface area contributed by atoms with Crippen LogP contribution in [-0.4, -0.2) is 51.2 Å². The van der Waals surface area contributed by atoms with Gasteiger partial charge in [0.15, 0.2) is 0 Å². The third-order valence-electron chi connectivity index (χ3n) is 4.55. The standard InChI is InChI=1S/C17H23N5O3/c1-10(2)14-8-15(21-20-14)17(24)22-6-4-12(5-7-22)19-16(23)13-9-18-25-11(13)3/h8-10,12H,4-7H2,1-3H3,(H,19,23)(H,20,21). The fraction of sp³-hybridized carbons (Fsp3) is 0.529. The van der Waals surface area contributed by atoms with E-state index >= 15 is 0 Å². The summed E-state index contributed by atoms with van der Waals surface area (Å²) in [5.74, 6) is 0.556. The van der Waals surface area contributed by atoms with Crippen molar-refractivity contribution in [3.63, 3.8) is 0 Å². The van der Waals surface area contributed by atoms with Crippen LogP contribution < -0.4 is 5.32 Å². The number of rotatable bonds is 4. The lowest BCUT2D eigenvalue weighted by Gasteiger charge is -2.31. The highest BCUT2D eigenvalue weighted by Crippen LogP contribution is 2.17. The first kappa shape index (κ1) is 17.2. The first-order chi connectivity index (χ1) is 12.0. The van der Waals surface area contributed by atoms with Crippen LogP contribution in [0.3, 0.4) is 0 Å². The molecule has 2 amide bonds. The van der Waals surface area contributed by atoms with Gasteiger partial charge in [0.25, 0.3) is 11.8 Å². The van der Waals surface area contributed by atoms with Crippen molar-refractivity contribution >= 4 is 11.8 Å². The molecule has 0 bridgehead atoms.